The third-order valence-corrected chi connectivity index (χ3v) is 8.66. The Morgan fingerprint density at radius 1 is 0.640 bits per heavy atom. The number of esters is 1. The van der Waals surface area contributed by atoms with Gasteiger partial charge < -0.3 is 14.2 Å². The largest absolute Gasteiger partial charge is 0.490 e. The molecule has 0 N–H and O–H groups in total. The molecule has 0 amide bonds. The van der Waals surface area contributed by atoms with E-state index in [1.807, 2.05) is 6.92 Å². The quantitative estimate of drug-likeness (QED) is 0.0429. The van der Waals surface area contributed by atoms with E-state index in [0.29, 0.717) is 11.1 Å². The van der Waals surface area contributed by atoms with Crippen molar-refractivity contribution in [3.63, 3.8) is 0 Å². The molecule has 3 aromatic carbocycles. The molecule has 0 radical (unpaired) electrons. The van der Waals surface area contributed by atoms with Crippen LogP contribution in [0.15, 0.2) is 54.6 Å². The summed E-state index contributed by atoms with van der Waals surface area (Å²) in [6, 6.07) is 13.3. The average molecular weight is 693 g/mol. The molecule has 0 aliphatic carbocycles. The first kappa shape index (κ1) is 40.5. The topological polar surface area (TPSA) is 44.8 Å². The minimum Gasteiger partial charge on any atom is -0.490 e. The van der Waals surface area contributed by atoms with E-state index in [2.05, 4.69) is 25.7 Å². The lowest BCUT2D eigenvalue weighted by molar-refractivity contribution is 0.0728. The number of hydrogen-bond donors (Lipinski definition) is 0. The number of ether oxygens (including phenoxy) is 3. The van der Waals surface area contributed by atoms with E-state index in [1.165, 1.54) is 101 Å². The Bertz CT molecular complexity index is 1490. The van der Waals surface area contributed by atoms with Crippen LogP contribution in [0, 0.1) is 29.3 Å². The Labute approximate surface area is 298 Å². The molecular formula is C43H55F3O4. The van der Waals surface area contributed by atoms with E-state index in [-0.39, 0.29) is 30.0 Å². The molecule has 272 valence electrons. The van der Waals surface area contributed by atoms with Crippen LogP contribution in [0.2, 0.25) is 0 Å². The van der Waals surface area contributed by atoms with Gasteiger partial charge in [0.15, 0.2) is 23.1 Å². The first-order valence-electron chi connectivity index (χ1n) is 18.7. The second kappa shape index (κ2) is 23.5. The fourth-order valence-electron chi connectivity index (χ4n) is 5.65. The van der Waals surface area contributed by atoms with Crippen molar-refractivity contribution in [2.45, 2.75) is 136 Å². The highest BCUT2D eigenvalue weighted by molar-refractivity contribution is 5.91. The van der Waals surface area contributed by atoms with Gasteiger partial charge in [-0.1, -0.05) is 116 Å². The van der Waals surface area contributed by atoms with Gasteiger partial charge in [-0.25, -0.2) is 13.6 Å². The maximum absolute atomic E-state index is 14.8. The van der Waals surface area contributed by atoms with Crippen LogP contribution in [0.4, 0.5) is 13.2 Å². The van der Waals surface area contributed by atoms with Crippen LogP contribution in [0.5, 0.6) is 17.2 Å². The van der Waals surface area contributed by atoms with E-state index in [1.54, 1.807) is 24.3 Å². The number of hydrogen-bond acceptors (Lipinski definition) is 4. The third kappa shape index (κ3) is 14.9. The molecule has 3 rings (SSSR count). The molecule has 0 aliphatic heterocycles. The van der Waals surface area contributed by atoms with Gasteiger partial charge >= 0.3 is 5.97 Å². The normalized spacial score (nSPS) is 11.5. The fourth-order valence-corrected chi connectivity index (χ4v) is 5.65. The molecule has 3 aromatic rings. The highest BCUT2D eigenvalue weighted by Crippen LogP contribution is 2.25. The number of carbonyl (C=O) groups is 1. The molecule has 0 fully saturated rings. The van der Waals surface area contributed by atoms with Gasteiger partial charge in [0.2, 0.25) is 5.82 Å². The van der Waals surface area contributed by atoms with Crippen molar-refractivity contribution >= 4 is 5.97 Å². The molecular weight excluding hydrogens is 637 g/mol. The lowest BCUT2D eigenvalue weighted by Gasteiger charge is -2.15. The molecule has 1 atom stereocenters. The zero-order chi connectivity index (χ0) is 36.0. The summed E-state index contributed by atoms with van der Waals surface area (Å²) < 4.78 is 60.6. The predicted molar refractivity (Wildman–Crippen MR) is 196 cm³/mol. The van der Waals surface area contributed by atoms with Crippen molar-refractivity contribution < 1.29 is 32.2 Å². The molecule has 0 saturated carbocycles. The lowest BCUT2D eigenvalue weighted by Crippen LogP contribution is -2.12. The molecule has 7 heteroatoms. The van der Waals surface area contributed by atoms with Gasteiger partial charge in [-0.05, 0) is 80.8 Å². The van der Waals surface area contributed by atoms with Crippen molar-refractivity contribution in [2.75, 3.05) is 6.61 Å². The van der Waals surface area contributed by atoms with Gasteiger partial charge in [0.1, 0.15) is 5.75 Å². The van der Waals surface area contributed by atoms with Gasteiger partial charge in [-0.2, -0.15) is 4.39 Å². The highest BCUT2D eigenvalue weighted by Gasteiger charge is 2.21. The number of carbonyl (C=O) groups excluding carboxylic acids is 1. The third-order valence-electron chi connectivity index (χ3n) is 8.66. The van der Waals surface area contributed by atoms with E-state index in [4.69, 9.17) is 14.2 Å². The zero-order valence-corrected chi connectivity index (χ0v) is 30.3. The Balaban J connectivity index is 1.41. The van der Waals surface area contributed by atoms with Gasteiger partial charge in [0.05, 0.1) is 18.3 Å². The van der Waals surface area contributed by atoms with Gasteiger partial charge in [0, 0.05) is 11.1 Å². The van der Waals surface area contributed by atoms with Crippen LogP contribution in [0.1, 0.15) is 151 Å². The number of unbranched alkanes of at least 4 members (excludes halogenated alkanes) is 14. The van der Waals surface area contributed by atoms with Crippen LogP contribution < -0.4 is 14.2 Å². The first-order chi connectivity index (χ1) is 24.3. The maximum atomic E-state index is 14.8. The minimum absolute atomic E-state index is 0.0754. The summed E-state index contributed by atoms with van der Waals surface area (Å²) in [6.07, 6.45) is 19.8. The molecule has 0 bridgehead atoms. The standard InChI is InChI=1S/C43H55F3O4/c1-4-6-8-10-11-12-13-14-15-16-17-19-31-48-40-30-28-37(41(45)42(40)46)43(47)50-36-26-23-34(24-27-36)21-22-35-25-29-39(38(44)32-35)49-33(3)20-18-9-7-5-2/h23-30,32-33H,4-20,31H2,1-3H3. The van der Waals surface area contributed by atoms with E-state index >= 15 is 0 Å². The summed E-state index contributed by atoms with van der Waals surface area (Å²) in [5, 5.41) is 0. The van der Waals surface area contributed by atoms with Crippen molar-refractivity contribution in [1.29, 1.82) is 0 Å². The summed E-state index contributed by atoms with van der Waals surface area (Å²) in [4.78, 5) is 12.6. The average Bonchev–Trinajstić information content (AvgIpc) is 3.11. The summed E-state index contributed by atoms with van der Waals surface area (Å²) in [6.45, 7) is 6.62. The SMILES string of the molecule is CCCCCCCCCCCCCCOc1ccc(C(=O)Oc2ccc(C#Cc3ccc(OC(C)CCCCCC)c(F)c3)cc2)c(F)c1F. The molecule has 0 spiro atoms. The molecule has 50 heavy (non-hydrogen) atoms. The Kier molecular flexibility index (Phi) is 19.0. The molecule has 0 saturated heterocycles. The smallest absolute Gasteiger partial charge is 0.346 e. The minimum atomic E-state index is -1.31. The summed E-state index contributed by atoms with van der Waals surface area (Å²) in [5.74, 6) is 1.97. The van der Waals surface area contributed by atoms with Gasteiger partial charge in [0.25, 0.3) is 0 Å². The summed E-state index contributed by atoms with van der Waals surface area (Å²) in [5.41, 5.74) is 0.558. The maximum Gasteiger partial charge on any atom is 0.346 e. The Morgan fingerprint density at radius 3 is 1.80 bits per heavy atom. The number of benzene rings is 3. The second-order valence-electron chi connectivity index (χ2n) is 13.1. The van der Waals surface area contributed by atoms with Gasteiger partial charge in [-0.3, -0.25) is 0 Å². The Hall–Kier alpha value is -3.92. The van der Waals surface area contributed by atoms with Crippen LogP contribution in [0.25, 0.3) is 0 Å². The first-order valence-corrected chi connectivity index (χ1v) is 18.7. The van der Waals surface area contributed by atoms with Crippen LogP contribution in [-0.4, -0.2) is 18.7 Å². The lowest BCUT2D eigenvalue weighted by atomic mass is 10.1. The molecule has 0 aliphatic rings. The van der Waals surface area contributed by atoms with Crippen LogP contribution in [0.3, 0.4) is 0 Å². The van der Waals surface area contributed by atoms with Gasteiger partial charge in [-0.15, -0.1) is 0 Å². The van der Waals surface area contributed by atoms with Crippen LogP contribution >= 0.6 is 0 Å². The second-order valence-corrected chi connectivity index (χ2v) is 13.1. The van der Waals surface area contributed by atoms with Crippen molar-refractivity contribution in [2.24, 2.45) is 0 Å². The van der Waals surface area contributed by atoms with Crippen molar-refractivity contribution in [1.82, 2.24) is 0 Å². The van der Waals surface area contributed by atoms with E-state index in [9.17, 15) is 18.0 Å². The van der Waals surface area contributed by atoms with Crippen molar-refractivity contribution in [3.8, 4) is 29.1 Å². The Morgan fingerprint density at radius 2 is 1.18 bits per heavy atom. The molecule has 1 unspecified atom stereocenters. The molecule has 0 heterocycles. The number of halogens is 3. The zero-order valence-electron chi connectivity index (χ0n) is 30.3. The van der Waals surface area contributed by atoms with E-state index in [0.717, 1.165) is 38.5 Å². The van der Waals surface area contributed by atoms with Crippen molar-refractivity contribution in [3.05, 3.63) is 88.7 Å². The fraction of sp³-hybridized carbons (Fsp3) is 0.512. The van der Waals surface area contributed by atoms with E-state index < -0.39 is 29.0 Å². The monoisotopic (exact) mass is 692 g/mol. The summed E-state index contributed by atoms with van der Waals surface area (Å²) in [7, 11) is 0. The number of rotatable bonds is 23. The molecule has 4 nitrogen and oxygen atoms in total. The van der Waals surface area contributed by atoms with Crippen LogP contribution in [-0.2, 0) is 0 Å². The highest BCUT2D eigenvalue weighted by atomic mass is 19.2. The molecule has 0 aromatic heterocycles. The predicted octanol–water partition coefficient (Wildman–Crippen LogP) is 12.5. The summed E-state index contributed by atoms with van der Waals surface area (Å²) >= 11 is 0.